The van der Waals surface area contributed by atoms with Gasteiger partial charge < -0.3 is 0 Å². The summed E-state index contributed by atoms with van der Waals surface area (Å²) in [7, 11) is 0. The van der Waals surface area contributed by atoms with E-state index in [0.29, 0.717) is 5.56 Å². The Hall–Kier alpha value is -2.89. The number of amides is 1. The molecule has 0 fully saturated rings. The van der Waals surface area contributed by atoms with Gasteiger partial charge in [-0.25, -0.2) is 0 Å². The van der Waals surface area contributed by atoms with Crippen molar-refractivity contribution in [2.24, 2.45) is 0 Å². The molecule has 2 aromatic carbocycles. The first-order valence-corrected chi connectivity index (χ1v) is 5.99. The largest absolute Gasteiger partial charge is 0.299 e. The fourth-order valence-corrected chi connectivity index (χ4v) is 1.72. The van der Waals surface area contributed by atoms with Gasteiger partial charge in [0.15, 0.2) is 0 Å². The van der Waals surface area contributed by atoms with Gasteiger partial charge in [0.1, 0.15) is 0 Å². The number of nitrogens with one attached hydrogen (secondary N) is 2. The fraction of sp³-hybridized carbons (Fsp3) is 0.0714. The third-order valence-corrected chi connectivity index (χ3v) is 2.66. The smallest absolute Gasteiger partial charge is 0.273 e. The van der Waals surface area contributed by atoms with Crippen LogP contribution in [0, 0.1) is 10.1 Å². The van der Waals surface area contributed by atoms with Crippen LogP contribution in [0.5, 0.6) is 0 Å². The summed E-state index contributed by atoms with van der Waals surface area (Å²) in [6.07, 6.45) is -0.0585. The van der Waals surface area contributed by atoms with Crippen LogP contribution in [0.4, 0.5) is 11.4 Å². The van der Waals surface area contributed by atoms with Gasteiger partial charge in [0.25, 0.3) is 5.69 Å². The highest BCUT2D eigenvalue weighted by Crippen LogP contribution is 2.17. The zero-order valence-electron chi connectivity index (χ0n) is 10.6. The van der Waals surface area contributed by atoms with Gasteiger partial charge in [-0.05, 0) is 12.1 Å². The Morgan fingerprint density at radius 3 is 2.40 bits per heavy atom. The lowest BCUT2D eigenvalue weighted by molar-refractivity contribution is -0.385. The number of para-hydroxylation sites is 2. The molecule has 0 aromatic heterocycles. The summed E-state index contributed by atoms with van der Waals surface area (Å²) in [6, 6.07) is 15.3. The summed E-state index contributed by atoms with van der Waals surface area (Å²) < 4.78 is 0. The minimum Gasteiger partial charge on any atom is -0.299 e. The maximum atomic E-state index is 11.8. The molecule has 0 atom stereocenters. The van der Waals surface area contributed by atoms with E-state index in [1.807, 2.05) is 18.2 Å². The van der Waals surface area contributed by atoms with Gasteiger partial charge in [0.05, 0.1) is 17.0 Å². The van der Waals surface area contributed by atoms with Gasteiger partial charge in [-0.1, -0.05) is 36.4 Å². The summed E-state index contributed by atoms with van der Waals surface area (Å²) in [6.45, 7) is 0. The van der Waals surface area contributed by atoms with Gasteiger partial charge in [-0.2, -0.15) is 0 Å². The molecule has 0 bridgehead atoms. The summed E-state index contributed by atoms with van der Waals surface area (Å²) in [5, 5.41) is 10.8. The number of nitro benzene ring substituents is 1. The Morgan fingerprint density at radius 2 is 1.70 bits per heavy atom. The molecule has 0 unspecified atom stereocenters. The second kappa shape index (κ2) is 6.33. The molecule has 0 heterocycles. The van der Waals surface area contributed by atoms with Crippen LogP contribution >= 0.6 is 0 Å². The quantitative estimate of drug-likeness (QED) is 0.645. The molecule has 0 saturated heterocycles. The monoisotopic (exact) mass is 271 g/mol. The van der Waals surface area contributed by atoms with Crippen molar-refractivity contribution in [1.82, 2.24) is 5.43 Å². The van der Waals surface area contributed by atoms with Crippen molar-refractivity contribution in [2.75, 3.05) is 5.43 Å². The number of nitro groups is 1. The highest BCUT2D eigenvalue weighted by atomic mass is 16.6. The number of nitrogens with zero attached hydrogens (tertiary/aromatic N) is 1. The molecule has 0 saturated carbocycles. The van der Waals surface area contributed by atoms with E-state index in [-0.39, 0.29) is 18.0 Å². The second-order valence-electron chi connectivity index (χ2n) is 4.10. The van der Waals surface area contributed by atoms with E-state index in [1.54, 1.807) is 30.3 Å². The molecule has 0 radical (unpaired) electrons. The first kappa shape index (κ1) is 13.5. The first-order valence-electron chi connectivity index (χ1n) is 5.99. The molecule has 0 aliphatic rings. The SMILES string of the molecule is O=C(Cc1ccccc1[N+](=O)[O-])NNc1ccccc1. The lowest BCUT2D eigenvalue weighted by Gasteiger charge is -2.08. The Kier molecular flexibility index (Phi) is 4.28. The van der Waals surface area contributed by atoms with E-state index in [4.69, 9.17) is 0 Å². The van der Waals surface area contributed by atoms with Gasteiger partial charge in [0.2, 0.25) is 5.91 Å². The van der Waals surface area contributed by atoms with E-state index in [1.165, 1.54) is 6.07 Å². The molecular weight excluding hydrogens is 258 g/mol. The van der Waals surface area contributed by atoms with Gasteiger partial charge in [-0.3, -0.25) is 25.8 Å². The summed E-state index contributed by atoms with van der Waals surface area (Å²) in [4.78, 5) is 22.1. The number of anilines is 1. The minimum absolute atomic E-state index is 0.0534. The molecule has 2 rings (SSSR count). The summed E-state index contributed by atoms with van der Waals surface area (Å²) >= 11 is 0. The zero-order valence-corrected chi connectivity index (χ0v) is 10.6. The topological polar surface area (TPSA) is 84.3 Å². The molecule has 1 amide bonds. The van der Waals surface area contributed by atoms with E-state index in [2.05, 4.69) is 10.9 Å². The predicted molar refractivity (Wildman–Crippen MR) is 75.0 cm³/mol. The average molecular weight is 271 g/mol. The number of rotatable bonds is 5. The Bertz CT molecular complexity index is 614. The Labute approximate surface area is 115 Å². The highest BCUT2D eigenvalue weighted by Gasteiger charge is 2.15. The highest BCUT2D eigenvalue weighted by molar-refractivity contribution is 5.80. The van der Waals surface area contributed by atoms with Crippen LogP contribution in [-0.2, 0) is 11.2 Å². The predicted octanol–water partition coefficient (Wildman–Crippen LogP) is 2.28. The molecule has 6 nitrogen and oxygen atoms in total. The number of carbonyl (C=O) groups is 1. The van der Waals surface area contributed by atoms with E-state index >= 15 is 0 Å². The molecule has 6 heteroatoms. The summed E-state index contributed by atoms with van der Waals surface area (Å²) in [5.41, 5.74) is 6.31. The van der Waals surface area contributed by atoms with Crippen molar-refractivity contribution < 1.29 is 9.72 Å². The third-order valence-electron chi connectivity index (χ3n) is 2.66. The van der Waals surface area contributed by atoms with Gasteiger partial charge >= 0.3 is 0 Å². The first-order chi connectivity index (χ1) is 9.66. The molecule has 0 aliphatic carbocycles. The van der Waals surface area contributed by atoms with Crippen LogP contribution in [0.3, 0.4) is 0 Å². The van der Waals surface area contributed by atoms with Crippen molar-refractivity contribution in [2.45, 2.75) is 6.42 Å². The average Bonchev–Trinajstić information content (AvgIpc) is 2.46. The van der Waals surface area contributed by atoms with Crippen LogP contribution in [-0.4, -0.2) is 10.8 Å². The van der Waals surface area contributed by atoms with Crippen molar-refractivity contribution >= 4 is 17.3 Å². The maximum Gasteiger partial charge on any atom is 0.273 e. The van der Waals surface area contributed by atoms with Gasteiger partial charge in [-0.15, -0.1) is 0 Å². The van der Waals surface area contributed by atoms with Crippen LogP contribution in [0.15, 0.2) is 54.6 Å². The van der Waals surface area contributed by atoms with E-state index in [0.717, 1.165) is 5.69 Å². The zero-order chi connectivity index (χ0) is 14.4. The molecule has 2 N–H and O–H groups in total. The van der Waals surface area contributed by atoms with Crippen molar-refractivity contribution in [3.63, 3.8) is 0 Å². The second-order valence-corrected chi connectivity index (χ2v) is 4.10. The fourth-order valence-electron chi connectivity index (χ4n) is 1.72. The molecule has 0 aliphatic heterocycles. The van der Waals surface area contributed by atoms with E-state index in [9.17, 15) is 14.9 Å². The Balaban J connectivity index is 1.97. The molecular formula is C14H13N3O3. The normalized spacial score (nSPS) is 9.80. The van der Waals surface area contributed by atoms with E-state index < -0.39 is 4.92 Å². The number of hydrazine groups is 1. The maximum absolute atomic E-state index is 11.8. The number of hydrogen-bond acceptors (Lipinski definition) is 4. The van der Waals surface area contributed by atoms with Crippen molar-refractivity contribution in [3.8, 4) is 0 Å². The number of carbonyl (C=O) groups excluding carboxylic acids is 1. The lowest BCUT2D eigenvalue weighted by atomic mass is 10.1. The van der Waals surface area contributed by atoms with Gasteiger partial charge in [0, 0.05) is 11.6 Å². The Morgan fingerprint density at radius 1 is 1.05 bits per heavy atom. The molecule has 20 heavy (non-hydrogen) atoms. The van der Waals surface area contributed by atoms with Crippen molar-refractivity contribution in [3.05, 3.63) is 70.3 Å². The molecule has 2 aromatic rings. The number of benzene rings is 2. The van der Waals surface area contributed by atoms with Crippen LogP contribution in [0.25, 0.3) is 0 Å². The van der Waals surface area contributed by atoms with Crippen LogP contribution in [0.1, 0.15) is 5.56 Å². The van der Waals surface area contributed by atoms with Crippen molar-refractivity contribution in [1.29, 1.82) is 0 Å². The van der Waals surface area contributed by atoms with Crippen LogP contribution in [0.2, 0.25) is 0 Å². The lowest BCUT2D eigenvalue weighted by Crippen LogP contribution is -2.30. The molecule has 102 valence electrons. The number of hydrogen-bond donors (Lipinski definition) is 2. The van der Waals surface area contributed by atoms with Crippen LogP contribution < -0.4 is 10.9 Å². The summed E-state index contributed by atoms with van der Waals surface area (Å²) in [5.74, 6) is -0.344. The molecule has 0 spiro atoms. The third kappa shape index (κ3) is 3.55. The standard InChI is InChI=1S/C14H13N3O3/c18-14(16-15-12-7-2-1-3-8-12)10-11-6-4-5-9-13(11)17(19)20/h1-9,15H,10H2,(H,16,18). The minimum atomic E-state index is -0.493.